The first-order chi connectivity index (χ1) is 15.8. The molecule has 0 aliphatic carbocycles. The lowest BCUT2D eigenvalue weighted by atomic mass is 9.94. The van der Waals surface area contributed by atoms with Gasteiger partial charge < -0.3 is 9.80 Å². The standard InChI is InChI=1S/C25H31N3O4S/c1-19-9-10-22(33(31,32)26-18-20-7-3-2-4-8-20)17-23(19)25(30)28-15-11-21(12-16-28)24(29)27-13-5-6-14-27/h2-4,7-10,17,21,26H,5-6,11-16,18H2,1H3. The van der Waals surface area contributed by atoms with Gasteiger partial charge in [-0.15, -0.1) is 0 Å². The highest BCUT2D eigenvalue weighted by Gasteiger charge is 2.32. The summed E-state index contributed by atoms with van der Waals surface area (Å²) in [5.74, 6) is 0.00943. The van der Waals surface area contributed by atoms with Crippen LogP contribution in [0.5, 0.6) is 0 Å². The van der Waals surface area contributed by atoms with Gasteiger partial charge in [-0.05, 0) is 55.9 Å². The smallest absolute Gasteiger partial charge is 0.254 e. The van der Waals surface area contributed by atoms with Crippen molar-refractivity contribution in [2.45, 2.75) is 44.0 Å². The second-order valence-electron chi connectivity index (χ2n) is 8.89. The van der Waals surface area contributed by atoms with E-state index in [4.69, 9.17) is 0 Å². The summed E-state index contributed by atoms with van der Waals surface area (Å²) in [5.41, 5.74) is 1.98. The third-order valence-electron chi connectivity index (χ3n) is 6.61. The van der Waals surface area contributed by atoms with Gasteiger partial charge in [0, 0.05) is 44.2 Å². The summed E-state index contributed by atoms with van der Waals surface area (Å²) < 4.78 is 28.3. The topological polar surface area (TPSA) is 86.8 Å². The molecule has 176 valence electrons. The van der Waals surface area contributed by atoms with Crippen molar-refractivity contribution in [2.75, 3.05) is 26.2 Å². The highest BCUT2D eigenvalue weighted by atomic mass is 32.2. The molecule has 2 aliphatic rings. The number of hydrogen-bond donors (Lipinski definition) is 1. The van der Waals surface area contributed by atoms with Gasteiger partial charge in [-0.1, -0.05) is 36.4 Å². The number of nitrogens with zero attached hydrogens (tertiary/aromatic N) is 2. The van der Waals surface area contributed by atoms with E-state index < -0.39 is 10.0 Å². The second-order valence-corrected chi connectivity index (χ2v) is 10.7. The average molecular weight is 470 g/mol. The fraction of sp³-hybridized carbons (Fsp3) is 0.440. The number of likely N-dealkylation sites (tertiary alicyclic amines) is 2. The number of piperidine rings is 1. The van der Waals surface area contributed by atoms with E-state index in [1.165, 1.54) is 12.1 Å². The summed E-state index contributed by atoms with van der Waals surface area (Å²) >= 11 is 0. The maximum Gasteiger partial charge on any atom is 0.254 e. The third-order valence-corrected chi connectivity index (χ3v) is 8.01. The Morgan fingerprint density at radius 1 is 0.939 bits per heavy atom. The Morgan fingerprint density at radius 2 is 1.61 bits per heavy atom. The zero-order valence-electron chi connectivity index (χ0n) is 19.0. The molecule has 2 aromatic carbocycles. The van der Waals surface area contributed by atoms with Crippen molar-refractivity contribution in [2.24, 2.45) is 5.92 Å². The van der Waals surface area contributed by atoms with Crippen molar-refractivity contribution in [3.63, 3.8) is 0 Å². The molecule has 4 rings (SSSR count). The molecule has 33 heavy (non-hydrogen) atoms. The second kappa shape index (κ2) is 10.1. The van der Waals surface area contributed by atoms with E-state index in [2.05, 4.69) is 4.72 Å². The van der Waals surface area contributed by atoms with Gasteiger partial charge in [-0.2, -0.15) is 0 Å². The van der Waals surface area contributed by atoms with Crippen molar-refractivity contribution in [1.29, 1.82) is 0 Å². The minimum absolute atomic E-state index is 0.0258. The number of nitrogens with one attached hydrogen (secondary N) is 1. The maximum atomic E-state index is 13.2. The molecule has 2 heterocycles. The zero-order valence-corrected chi connectivity index (χ0v) is 19.8. The SMILES string of the molecule is Cc1ccc(S(=O)(=O)NCc2ccccc2)cc1C(=O)N1CCC(C(=O)N2CCCC2)CC1. The minimum Gasteiger partial charge on any atom is -0.342 e. The molecule has 2 amide bonds. The molecule has 2 saturated heterocycles. The number of hydrogen-bond acceptors (Lipinski definition) is 4. The molecule has 2 aromatic rings. The Balaban J connectivity index is 1.42. The molecular weight excluding hydrogens is 438 g/mol. The Morgan fingerprint density at radius 3 is 2.27 bits per heavy atom. The molecule has 0 atom stereocenters. The van der Waals surface area contributed by atoms with Crippen LogP contribution in [0.15, 0.2) is 53.4 Å². The third kappa shape index (κ3) is 5.45. The van der Waals surface area contributed by atoms with Crippen LogP contribution in [0.1, 0.15) is 47.2 Å². The lowest BCUT2D eigenvalue weighted by Crippen LogP contribution is -2.44. The van der Waals surface area contributed by atoms with Gasteiger partial charge in [-0.25, -0.2) is 13.1 Å². The molecule has 8 heteroatoms. The quantitative estimate of drug-likeness (QED) is 0.705. The maximum absolute atomic E-state index is 13.2. The molecule has 7 nitrogen and oxygen atoms in total. The van der Waals surface area contributed by atoms with Gasteiger partial charge in [-0.3, -0.25) is 9.59 Å². The zero-order chi connectivity index (χ0) is 23.4. The van der Waals surface area contributed by atoms with Crippen molar-refractivity contribution in [1.82, 2.24) is 14.5 Å². The summed E-state index contributed by atoms with van der Waals surface area (Å²) in [6, 6.07) is 14.0. The lowest BCUT2D eigenvalue weighted by Gasteiger charge is -2.33. The first-order valence-electron chi connectivity index (χ1n) is 11.6. The van der Waals surface area contributed by atoms with Crippen LogP contribution in [-0.4, -0.2) is 56.2 Å². The van der Waals surface area contributed by atoms with Crippen molar-refractivity contribution in [3.05, 3.63) is 65.2 Å². The van der Waals surface area contributed by atoms with Gasteiger partial charge in [0.1, 0.15) is 0 Å². The molecule has 2 fully saturated rings. The fourth-order valence-corrected chi connectivity index (χ4v) is 5.60. The normalized spacial score (nSPS) is 17.4. The average Bonchev–Trinajstić information content (AvgIpc) is 3.38. The first kappa shape index (κ1) is 23.4. The Labute approximate surface area is 195 Å². The number of amides is 2. The van der Waals surface area contributed by atoms with E-state index in [1.54, 1.807) is 11.0 Å². The highest BCUT2D eigenvalue weighted by Crippen LogP contribution is 2.25. The van der Waals surface area contributed by atoms with E-state index in [9.17, 15) is 18.0 Å². The molecule has 0 unspecified atom stereocenters. The molecular formula is C25H31N3O4S. The van der Waals surface area contributed by atoms with Gasteiger partial charge >= 0.3 is 0 Å². The highest BCUT2D eigenvalue weighted by molar-refractivity contribution is 7.89. The van der Waals surface area contributed by atoms with Crippen LogP contribution < -0.4 is 4.72 Å². The Bertz CT molecular complexity index is 1100. The van der Waals surface area contributed by atoms with Gasteiger partial charge in [0.15, 0.2) is 0 Å². The van der Waals surface area contributed by atoms with Crippen LogP contribution in [0.25, 0.3) is 0 Å². The minimum atomic E-state index is -3.76. The summed E-state index contributed by atoms with van der Waals surface area (Å²) in [6.45, 7) is 4.69. The Hall–Kier alpha value is -2.71. The molecule has 1 N–H and O–H groups in total. The van der Waals surface area contributed by atoms with Crippen LogP contribution in [0.2, 0.25) is 0 Å². The molecule has 2 aliphatic heterocycles. The van der Waals surface area contributed by atoms with Gasteiger partial charge in [0.25, 0.3) is 5.91 Å². The summed E-state index contributed by atoms with van der Waals surface area (Å²) in [7, 11) is -3.76. The number of benzene rings is 2. The molecule has 0 radical (unpaired) electrons. The lowest BCUT2D eigenvalue weighted by molar-refractivity contribution is -0.135. The van der Waals surface area contributed by atoms with E-state index in [-0.39, 0.29) is 29.2 Å². The monoisotopic (exact) mass is 469 g/mol. The number of rotatable bonds is 6. The predicted molar refractivity (Wildman–Crippen MR) is 126 cm³/mol. The van der Waals surface area contributed by atoms with E-state index >= 15 is 0 Å². The van der Waals surface area contributed by atoms with Crippen LogP contribution in [0.4, 0.5) is 0 Å². The largest absolute Gasteiger partial charge is 0.342 e. The van der Waals surface area contributed by atoms with Gasteiger partial charge in [0.2, 0.25) is 15.9 Å². The van der Waals surface area contributed by atoms with Crippen LogP contribution in [0, 0.1) is 12.8 Å². The van der Waals surface area contributed by atoms with Crippen molar-refractivity contribution >= 4 is 21.8 Å². The summed E-state index contributed by atoms with van der Waals surface area (Å²) in [5, 5.41) is 0. The van der Waals surface area contributed by atoms with Gasteiger partial charge in [0.05, 0.1) is 4.90 Å². The molecule has 0 aromatic heterocycles. The van der Waals surface area contributed by atoms with E-state index in [0.717, 1.165) is 37.1 Å². The number of carbonyl (C=O) groups is 2. The van der Waals surface area contributed by atoms with Crippen molar-refractivity contribution < 1.29 is 18.0 Å². The predicted octanol–water partition coefficient (Wildman–Crippen LogP) is 2.95. The fourth-order valence-electron chi connectivity index (χ4n) is 4.55. The Kier molecular flexibility index (Phi) is 7.14. The van der Waals surface area contributed by atoms with E-state index in [1.807, 2.05) is 42.2 Å². The van der Waals surface area contributed by atoms with Crippen molar-refractivity contribution in [3.8, 4) is 0 Å². The van der Waals surface area contributed by atoms with Crippen LogP contribution in [0.3, 0.4) is 0 Å². The molecule has 0 spiro atoms. The van der Waals surface area contributed by atoms with Crippen LogP contribution in [-0.2, 0) is 21.4 Å². The number of sulfonamides is 1. The summed E-state index contributed by atoms with van der Waals surface area (Å²) in [4.78, 5) is 29.7. The molecule has 0 saturated carbocycles. The van der Waals surface area contributed by atoms with E-state index in [0.29, 0.717) is 31.5 Å². The number of aryl methyl sites for hydroxylation is 1. The summed E-state index contributed by atoms with van der Waals surface area (Å²) in [6.07, 6.45) is 3.44. The number of carbonyl (C=O) groups excluding carboxylic acids is 2. The first-order valence-corrected chi connectivity index (χ1v) is 13.1. The van der Waals surface area contributed by atoms with Crippen LogP contribution >= 0.6 is 0 Å². The molecule has 0 bridgehead atoms.